The molecule has 4 aromatic rings. The smallest absolute Gasteiger partial charge is 0.337 e. The van der Waals surface area contributed by atoms with Crippen LogP contribution in [0, 0.1) is 6.92 Å². The largest absolute Gasteiger partial charge is 0.465 e. The summed E-state index contributed by atoms with van der Waals surface area (Å²) in [5.74, 6) is 0.247. The van der Waals surface area contributed by atoms with Gasteiger partial charge in [0.05, 0.1) is 29.3 Å². The van der Waals surface area contributed by atoms with E-state index in [1.165, 1.54) is 18.9 Å². The molecule has 1 heterocycles. The number of aryl methyl sites for hydroxylation is 1. The first kappa shape index (κ1) is 19.9. The summed E-state index contributed by atoms with van der Waals surface area (Å²) < 4.78 is 6.40. The number of nitrogens with zero attached hydrogens (tertiary/aromatic N) is 2. The van der Waals surface area contributed by atoms with Gasteiger partial charge in [0.2, 0.25) is 0 Å². The van der Waals surface area contributed by atoms with Gasteiger partial charge in [-0.25, -0.2) is 9.78 Å². The van der Waals surface area contributed by atoms with Gasteiger partial charge in [0.15, 0.2) is 5.16 Å². The molecule has 0 saturated carbocycles. The van der Waals surface area contributed by atoms with E-state index >= 15 is 0 Å². The number of hydrogen-bond acceptors (Lipinski definition) is 5. The van der Waals surface area contributed by atoms with Crippen LogP contribution in [-0.2, 0) is 10.5 Å². The number of aromatic nitrogens is 2. The molecule has 0 aliphatic carbocycles. The molecule has 0 N–H and O–H groups in total. The van der Waals surface area contributed by atoms with Crippen molar-refractivity contribution in [2.45, 2.75) is 17.8 Å². The van der Waals surface area contributed by atoms with Gasteiger partial charge in [-0.15, -0.1) is 0 Å². The van der Waals surface area contributed by atoms with Gasteiger partial charge in [0.1, 0.15) is 0 Å². The van der Waals surface area contributed by atoms with E-state index in [2.05, 4.69) is 0 Å². The zero-order chi connectivity index (χ0) is 21.1. The van der Waals surface area contributed by atoms with Crippen molar-refractivity contribution in [3.05, 3.63) is 99.8 Å². The lowest BCUT2D eigenvalue weighted by molar-refractivity contribution is 0.0600. The Morgan fingerprint density at radius 1 is 1.00 bits per heavy atom. The van der Waals surface area contributed by atoms with Crippen molar-refractivity contribution in [1.29, 1.82) is 0 Å². The van der Waals surface area contributed by atoms with Gasteiger partial charge < -0.3 is 4.74 Å². The zero-order valence-corrected chi connectivity index (χ0v) is 17.5. The highest BCUT2D eigenvalue weighted by Crippen LogP contribution is 2.25. The predicted octanol–water partition coefficient (Wildman–Crippen LogP) is 4.77. The van der Waals surface area contributed by atoms with Crippen LogP contribution in [-0.4, -0.2) is 22.6 Å². The lowest BCUT2D eigenvalue weighted by Crippen LogP contribution is -2.21. The molecular weight excluding hydrogens is 396 g/mol. The summed E-state index contributed by atoms with van der Waals surface area (Å²) in [4.78, 5) is 29.6. The van der Waals surface area contributed by atoms with Gasteiger partial charge >= 0.3 is 5.97 Å². The molecule has 3 aromatic carbocycles. The number of benzene rings is 3. The molecule has 0 aliphatic heterocycles. The Balaban J connectivity index is 1.72. The van der Waals surface area contributed by atoms with E-state index in [1.807, 2.05) is 61.5 Å². The quantitative estimate of drug-likeness (QED) is 0.266. The minimum Gasteiger partial charge on any atom is -0.465 e. The molecule has 0 fully saturated rings. The minimum absolute atomic E-state index is 0.0898. The molecule has 5 nitrogen and oxygen atoms in total. The van der Waals surface area contributed by atoms with E-state index in [1.54, 1.807) is 22.8 Å². The Hall–Kier alpha value is -3.38. The number of esters is 1. The number of methoxy groups -OCH3 is 1. The Morgan fingerprint density at radius 3 is 2.40 bits per heavy atom. The highest BCUT2D eigenvalue weighted by atomic mass is 32.2. The van der Waals surface area contributed by atoms with Crippen LogP contribution >= 0.6 is 11.8 Å². The van der Waals surface area contributed by atoms with Crippen molar-refractivity contribution in [2.24, 2.45) is 0 Å². The number of thioether (sulfide) groups is 1. The standard InChI is InChI=1S/C24H20N2O3S/c1-16-7-13-19(14-8-16)26-22(27)20-5-3-4-6-21(20)25-24(26)30-15-17-9-11-18(12-10-17)23(28)29-2/h3-14H,15H2,1-2H3. The fourth-order valence-corrected chi connectivity index (χ4v) is 4.10. The highest BCUT2D eigenvalue weighted by Gasteiger charge is 2.14. The Kier molecular flexibility index (Phi) is 5.68. The topological polar surface area (TPSA) is 61.2 Å². The van der Waals surface area contributed by atoms with Gasteiger partial charge in [-0.05, 0) is 48.9 Å². The van der Waals surface area contributed by atoms with E-state index in [0.717, 1.165) is 16.8 Å². The summed E-state index contributed by atoms with van der Waals surface area (Å²) in [6.45, 7) is 2.01. The van der Waals surface area contributed by atoms with Gasteiger partial charge in [0.25, 0.3) is 5.56 Å². The molecule has 0 amide bonds. The Bertz CT molecular complexity index is 1260. The number of fused-ring (bicyclic) bond motifs is 1. The number of carbonyl (C=O) groups excluding carboxylic acids is 1. The molecule has 4 rings (SSSR count). The third kappa shape index (κ3) is 4.00. The molecule has 0 bridgehead atoms. The van der Waals surface area contributed by atoms with Crippen LogP contribution in [0.5, 0.6) is 0 Å². The summed E-state index contributed by atoms with van der Waals surface area (Å²) in [7, 11) is 1.36. The fourth-order valence-electron chi connectivity index (χ4n) is 3.13. The number of rotatable bonds is 5. The average Bonchev–Trinajstić information content (AvgIpc) is 2.78. The molecular formula is C24H20N2O3S. The van der Waals surface area contributed by atoms with Crippen LogP contribution in [0.15, 0.2) is 82.7 Å². The number of hydrogen-bond donors (Lipinski definition) is 0. The maximum atomic E-state index is 13.3. The van der Waals surface area contributed by atoms with Crippen LogP contribution in [0.3, 0.4) is 0 Å². The number of para-hydroxylation sites is 1. The van der Waals surface area contributed by atoms with Crippen LogP contribution in [0.25, 0.3) is 16.6 Å². The molecule has 0 aliphatic rings. The maximum Gasteiger partial charge on any atom is 0.337 e. The first-order valence-electron chi connectivity index (χ1n) is 9.46. The first-order valence-corrected chi connectivity index (χ1v) is 10.4. The Morgan fingerprint density at radius 2 is 1.70 bits per heavy atom. The average molecular weight is 417 g/mol. The lowest BCUT2D eigenvalue weighted by atomic mass is 10.1. The predicted molar refractivity (Wildman–Crippen MR) is 119 cm³/mol. The minimum atomic E-state index is -0.362. The Labute approximate surface area is 178 Å². The third-order valence-corrected chi connectivity index (χ3v) is 5.79. The van der Waals surface area contributed by atoms with Crippen LogP contribution in [0.2, 0.25) is 0 Å². The summed E-state index contributed by atoms with van der Waals surface area (Å²) in [5.41, 5.74) is 4.02. The summed E-state index contributed by atoms with van der Waals surface area (Å²) in [6, 6.07) is 22.5. The third-order valence-electron chi connectivity index (χ3n) is 4.78. The van der Waals surface area contributed by atoms with Crippen molar-refractivity contribution in [3.8, 4) is 5.69 Å². The second-order valence-corrected chi connectivity index (χ2v) is 7.81. The molecule has 150 valence electrons. The van der Waals surface area contributed by atoms with E-state index in [9.17, 15) is 9.59 Å². The van der Waals surface area contributed by atoms with E-state index in [4.69, 9.17) is 9.72 Å². The summed E-state index contributed by atoms with van der Waals surface area (Å²) in [6.07, 6.45) is 0. The van der Waals surface area contributed by atoms with Gasteiger partial charge in [-0.2, -0.15) is 0 Å². The van der Waals surface area contributed by atoms with Crippen LogP contribution in [0.1, 0.15) is 21.5 Å². The normalized spacial score (nSPS) is 10.9. The van der Waals surface area contributed by atoms with Crippen molar-refractivity contribution in [1.82, 2.24) is 9.55 Å². The van der Waals surface area contributed by atoms with Crippen molar-refractivity contribution >= 4 is 28.6 Å². The summed E-state index contributed by atoms with van der Waals surface area (Å²) >= 11 is 1.48. The van der Waals surface area contributed by atoms with E-state index in [0.29, 0.717) is 27.4 Å². The van der Waals surface area contributed by atoms with Crippen molar-refractivity contribution in [2.75, 3.05) is 7.11 Å². The molecule has 1 aromatic heterocycles. The molecule has 0 spiro atoms. The summed E-state index contributed by atoms with van der Waals surface area (Å²) in [5, 5.41) is 1.21. The van der Waals surface area contributed by atoms with Crippen LogP contribution < -0.4 is 5.56 Å². The molecule has 0 radical (unpaired) electrons. The maximum absolute atomic E-state index is 13.3. The monoisotopic (exact) mass is 416 g/mol. The molecule has 30 heavy (non-hydrogen) atoms. The first-order chi connectivity index (χ1) is 14.6. The van der Waals surface area contributed by atoms with Gasteiger partial charge in [-0.1, -0.05) is 53.7 Å². The molecule has 0 atom stereocenters. The van der Waals surface area contributed by atoms with Crippen molar-refractivity contribution in [3.63, 3.8) is 0 Å². The SMILES string of the molecule is COC(=O)c1ccc(CSc2nc3ccccc3c(=O)n2-c2ccc(C)cc2)cc1. The van der Waals surface area contributed by atoms with Crippen LogP contribution in [0.4, 0.5) is 0 Å². The molecule has 0 unspecified atom stereocenters. The fraction of sp³-hybridized carbons (Fsp3) is 0.125. The molecule has 6 heteroatoms. The lowest BCUT2D eigenvalue weighted by Gasteiger charge is -2.13. The van der Waals surface area contributed by atoms with E-state index < -0.39 is 0 Å². The molecule has 0 saturated heterocycles. The second-order valence-electron chi connectivity index (χ2n) is 6.86. The zero-order valence-electron chi connectivity index (χ0n) is 16.7. The highest BCUT2D eigenvalue weighted by molar-refractivity contribution is 7.98. The number of ether oxygens (including phenoxy) is 1. The van der Waals surface area contributed by atoms with E-state index in [-0.39, 0.29) is 11.5 Å². The van der Waals surface area contributed by atoms with Crippen molar-refractivity contribution < 1.29 is 9.53 Å². The number of carbonyl (C=O) groups is 1. The van der Waals surface area contributed by atoms with Gasteiger partial charge in [-0.3, -0.25) is 9.36 Å². The second kappa shape index (κ2) is 8.55. The van der Waals surface area contributed by atoms with Gasteiger partial charge in [0, 0.05) is 5.75 Å².